The zero-order valence-electron chi connectivity index (χ0n) is 5.14. The van der Waals surface area contributed by atoms with Gasteiger partial charge in [0.25, 0.3) is 0 Å². The van der Waals surface area contributed by atoms with E-state index in [1.165, 1.54) is 11.8 Å². The quantitative estimate of drug-likeness (QED) is 0.253. The Hall–Kier alpha value is -0.440. The van der Waals surface area contributed by atoms with Crippen LogP contribution in [0.15, 0.2) is 16.6 Å². The predicted octanol–water partition coefficient (Wildman–Crippen LogP) is 1.55. The predicted molar refractivity (Wildman–Crippen MR) is 39.7 cm³/mol. The lowest BCUT2D eigenvalue weighted by Gasteiger charge is -1.93. The summed E-state index contributed by atoms with van der Waals surface area (Å²) in [5.41, 5.74) is 0. The number of hydrogen-bond acceptors (Lipinski definition) is 3. The van der Waals surface area contributed by atoms with E-state index in [0.29, 0.717) is 0 Å². The van der Waals surface area contributed by atoms with E-state index in [1.807, 2.05) is 13.8 Å². The Kier molecular flexibility index (Phi) is 3.35. The maximum Gasteiger partial charge on any atom is 0.0941 e. The summed E-state index contributed by atoms with van der Waals surface area (Å²) in [6, 6.07) is 0. The molecule has 0 aromatic carbocycles. The molecular weight excluding hydrogens is 120 g/mol. The maximum atomic E-state index is 4.95. The van der Waals surface area contributed by atoms with Gasteiger partial charge in [-0.3, -0.25) is 0 Å². The summed E-state index contributed by atoms with van der Waals surface area (Å²) in [4.78, 5) is 1.01. The minimum Gasteiger partial charge on any atom is -0.323 e. The Balaban J connectivity index is 3.56. The lowest BCUT2D eigenvalue weighted by molar-refractivity contribution is 1.25. The zero-order chi connectivity index (χ0) is 6.57. The molecule has 0 spiro atoms. The second-order valence-corrected chi connectivity index (χ2v) is 2.94. The van der Waals surface area contributed by atoms with Crippen LogP contribution in [0, 0.1) is 0 Å². The van der Waals surface area contributed by atoms with Crippen LogP contribution in [0.1, 0.15) is 13.8 Å². The topological polar surface area (TPSA) is 38.4 Å². The number of nitrogens with zero attached hydrogens (tertiary/aromatic N) is 1. The van der Waals surface area contributed by atoms with Crippen LogP contribution in [-0.2, 0) is 0 Å². The summed E-state index contributed by atoms with van der Waals surface area (Å²) < 4.78 is 0. The average molecular weight is 130 g/mol. The largest absolute Gasteiger partial charge is 0.323 e. The minimum atomic E-state index is 0.845. The standard InChI is InChI=1S/C5H10N2S/c1-4(2)8-5(3)7-6/h1,6H2,2-3H3/b7-5-. The van der Waals surface area contributed by atoms with Gasteiger partial charge in [-0.05, 0) is 18.8 Å². The van der Waals surface area contributed by atoms with Gasteiger partial charge in [0, 0.05) is 0 Å². The molecule has 0 radical (unpaired) electrons. The van der Waals surface area contributed by atoms with E-state index >= 15 is 0 Å². The number of thioether (sulfide) groups is 1. The fourth-order valence-electron chi connectivity index (χ4n) is 0.279. The smallest absolute Gasteiger partial charge is 0.0941 e. The maximum absolute atomic E-state index is 4.95. The summed E-state index contributed by atoms with van der Waals surface area (Å²) in [7, 11) is 0. The van der Waals surface area contributed by atoms with Gasteiger partial charge < -0.3 is 5.84 Å². The average Bonchev–Trinajstić information content (AvgIpc) is 1.65. The van der Waals surface area contributed by atoms with Crippen molar-refractivity contribution in [2.75, 3.05) is 0 Å². The highest BCUT2D eigenvalue weighted by molar-refractivity contribution is 8.17. The lowest BCUT2D eigenvalue weighted by Crippen LogP contribution is -1.88. The van der Waals surface area contributed by atoms with E-state index in [0.717, 1.165) is 9.95 Å². The van der Waals surface area contributed by atoms with Crippen LogP contribution >= 0.6 is 11.8 Å². The first-order chi connectivity index (χ1) is 3.66. The van der Waals surface area contributed by atoms with Crippen LogP contribution in [0.2, 0.25) is 0 Å². The van der Waals surface area contributed by atoms with Gasteiger partial charge >= 0.3 is 0 Å². The SMILES string of the molecule is C=C(C)S/C(C)=N\N. The molecule has 0 amide bonds. The molecule has 0 atom stereocenters. The van der Waals surface area contributed by atoms with Crippen molar-refractivity contribution in [2.45, 2.75) is 13.8 Å². The van der Waals surface area contributed by atoms with Crippen molar-refractivity contribution in [3.05, 3.63) is 11.5 Å². The van der Waals surface area contributed by atoms with E-state index in [4.69, 9.17) is 5.84 Å². The molecule has 0 fully saturated rings. The molecule has 8 heavy (non-hydrogen) atoms. The number of rotatable bonds is 1. The van der Waals surface area contributed by atoms with Crippen molar-refractivity contribution < 1.29 is 0 Å². The second kappa shape index (κ2) is 3.55. The molecule has 2 N–H and O–H groups in total. The molecular formula is C5H10N2S. The summed E-state index contributed by atoms with van der Waals surface area (Å²) in [5.74, 6) is 4.95. The van der Waals surface area contributed by atoms with Gasteiger partial charge in [0.05, 0.1) is 5.04 Å². The van der Waals surface area contributed by atoms with E-state index in [-0.39, 0.29) is 0 Å². The number of allylic oxidation sites excluding steroid dienone is 1. The molecule has 0 aromatic rings. The van der Waals surface area contributed by atoms with Gasteiger partial charge in [-0.1, -0.05) is 18.3 Å². The van der Waals surface area contributed by atoms with Crippen LogP contribution < -0.4 is 5.84 Å². The molecule has 0 saturated carbocycles. The van der Waals surface area contributed by atoms with E-state index in [2.05, 4.69) is 11.7 Å². The highest BCUT2D eigenvalue weighted by Crippen LogP contribution is 2.12. The number of hydrazone groups is 1. The molecule has 0 aromatic heterocycles. The number of nitrogens with two attached hydrogens (primary N) is 1. The third kappa shape index (κ3) is 3.74. The van der Waals surface area contributed by atoms with Gasteiger partial charge in [-0.25, -0.2) is 0 Å². The molecule has 46 valence electrons. The van der Waals surface area contributed by atoms with Gasteiger partial charge in [0.2, 0.25) is 0 Å². The highest BCUT2D eigenvalue weighted by atomic mass is 32.2. The summed E-state index contributed by atoms with van der Waals surface area (Å²) in [5, 5.41) is 4.29. The zero-order valence-corrected chi connectivity index (χ0v) is 5.96. The van der Waals surface area contributed by atoms with Crippen molar-refractivity contribution in [1.82, 2.24) is 0 Å². The van der Waals surface area contributed by atoms with Crippen LogP contribution in [-0.4, -0.2) is 5.04 Å². The molecule has 0 saturated heterocycles. The fraction of sp³-hybridized carbons (Fsp3) is 0.400. The normalized spacial score (nSPS) is 11.5. The molecule has 3 heteroatoms. The molecule has 0 bridgehead atoms. The van der Waals surface area contributed by atoms with Gasteiger partial charge in [0.15, 0.2) is 0 Å². The fourth-order valence-corrected chi connectivity index (χ4v) is 0.836. The molecule has 0 heterocycles. The first kappa shape index (κ1) is 7.56. The van der Waals surface area contributed by atoms with Crippen molar-refractivity contribution in [3.63, 3.8) is 0 Å². The Morgan fingerprint density at radius 3 is 2.25 bits per heavy atom. The number of hydrogen-bond donors (Lipinski definition) is 1. The molecule has 0 aliphatic carbocycles. The van der Waals surface area contributed by atoms with Crippen LogP contribution in [0.25, 0.3) is 0 Å². The first-order valence-corrected chi connectivity index (χ1v) is 3.06. The first-order valence-electron chi connectivity index (χ1n) is 2.24. The molecule has 0 aliphatic heterocycles. The summed E-state index contributed by atoms with van der Waals surface area (Å²) in [6.07, 6.45) is 0. The van der Waals surface area contributed by atoms with Crippen LogP contribution in [0.5, 0.6) is 0 Å². The van der Waals surface area contributed by atoms with Gasteiger partial charge in [-0.2, -0.15) is 5.10 Å². The molecule has 0 rings (SSSR count). The lowest BCUT2D eigenvalue weighted by atomic mass is 10.8. The van der Waals surface area contributed by atoms with E-state index in [9.17, 15) is 0 Å². The van der Waals surface area contributed by atoms with Crippen LogP contribution in [0.3, 0.4) is 0 Å². The monoisotopic (exact) mass is 130 g/mol. The van der Waals surface area contributed by atoms with Crippen molar-refractivity contribution in [3.8, 4) is 0 Å². The molecule has 0 aliphatic rings. The summed E-state index contributed by atoms with van der Waals surface area (Å²) in [6.45, 7) is 7.43. The van der Waals surface area contributed by atoms with E-state index in [1.54, 1.807) is 0 Å². The van der Waals surface area contributed by atoms with Gasteiger partial charge in [-0.15, -0.1) is 0 Å². The minimum absolute atomic E-state index is 0.845. The Morgan fingerprint density at radius 1 is 1.62 bits per heavy atom. The van der Waals surface area contributed by atoms with Crippen molar-refractivity contribution in [1.29, 1.82) is 0 Å². The third-order valence-electron chi connectivity index (χ3n) is 0.504. The van der Waals surface area contributed by atoms with E-state index < -0.39 is 0 Å². The Bertz CT molecular complexity index is 118. The second-order valence-electron chi connectivity index (χ2n) is 1.45. The Morgan fingerprint density at radius 2 is 2.12 bits per heavy atom. The highest BCUT2D eigenvalue weighted by Gasteiger charge is 1.88. The van der Waals surface area contributed by atoms with Gasteiger partial charge in [0.1, 0.15) is 0 Å². The van der Waals surface area contributed by atoms with Crippen molar-refractivity contribution >= 4 is 16.8 Å². The van der Waals surface area contributed by atoms with Crippen LogP contribution in [0.4, 0.5) is 0 Å². The van der Waals surface area contributed by atoms with Crippen molar-refractivity contribution in [2.24, 2.45) is 10.9 Å². The third-order valence-corrected chi connectivity index (χ3v) is 1.25. The summed E-state index contributed by atoms with van der Waals surface area (Å²) >= 11 is 1.48. The Labute approximate surface area is 53.8 Å². The molecule has 2 nitrogen and oxygen atoms in total. The molecule has 0 unspecified atom stereocenters.